The van der Waals surface area contributed by atoms with Gasteiger partial charge in [-0.2, -0.15) is 5.26 Å². The van der Waals surface area contributed by atoms with Crippen molar-refractivity contribution in [2.24, 2.45) is 0 Å². The largest absolute Gasteiger partial charge is 0.383 e. The summed E-state index contributed by atoms with van der Waals surface area (Å²) in [5.74, 6) is 0.0235. The molecule has 0 bridgehead atoms. The predicted molar refractivity (Wildman–Crippen MR) is 75.2 cm³/mol. The molecule has 1 rings (SSSR count). The van der Waals surface area contributed by atoms with Gasteiger partial charge in [-0.05, 0) is 18.2 Å². The standard InChI is InChI=1S/C12H15ClN2O3S/c1-19(16,17)7-6-18-5-4-15-11-3-2-10(9-14)12(13)8-11/h2-3,8,15H,4-7H2,1H3. The third-order valence-electron chi connectivity index (χ3n) is 2.26. The average molecular weight is 303 g/mol. The van der Waals surface area contributed by atoms with Gasteiger partial charge in [-0.3, -0.25) is 0 Å². The Hall–Kier alpha value is -1.29. The van der Waals surface area contributed by atoms with Gasteiger partial charge in [0.1, 0.15) is 15.9 Å². The van der Waals surface area contributed by atoms with E-state index in [1.54, 1.807) is 18.2 Å². The summed E-state index contributed by atoms with van der Waals surface area (Å²) in [5.41, 5.74) is 1.22. The Kier molecular flexibility index (Phi) is 6.09. The zero-order valence-electron chi connectivity index (χ0n) is 10.5. The number of hydrogen-bond donors (Lipinski definition) is 1. The van der Waals surface area contributed by atoms with Gasteiger partial charge in [-0.25, -0.2) is 8.42 Å². The van der Waals surface area contributed by atoms with Crippen LogP contribution in [0.15, 0.2) is 18.2 Å². The second kappa shape index (κ2) is 7.34. The maximum Gasteiger partial charge on any atom is 0.149 e. The van der Waals surface area contributed by atoms with Crippen LogP contribution >= 0.6 is 11.6 Å². The first kappa shape index (κ1) is 15.8. The number of rotatable bonds is 7. The quantitative estimate of drug-likeness (QED) is 0.775. The fourth-order valence-corrected chi connectivity index (χ4v) is 1.94. The fourth-order valence-electron chi connectivity index (χ4n) is 1.30. The lowest BCUT2D eigenvalue weighted by atomic mass is 10.2. The molecule has 0 heterocycles. The van der Waals surface area contributed by atoms with Crippen molar-refractivity contribution >= 4 is 27.1 Å². The normalized spacial score (nSPS) is 11.0. The molecule has 0 fully saturated rings. The molecular weight excluding hydrogens is 288 g/mol. The van der Waals surface area contributed by atoms with E-state index < -0.39 is 9.84 Å². The Labute approximate surface area is 118 Å². The fraction of sp³-hybridized carbons (Fsp3) is 0.417. The number of nitrogens with one attached hydrogen (secondary N) is 1. The number of anilines is 1. The molecule has 1 aromatic rings. The first-order valence-electron chi connectivity index (χ1n) is 5.61. The van der Waals surface area contributed by atoms with Gasteiger partial charge in [0.2, 0.25) is 0 Å². The number of hydrogen-bond acceptors (Lipinski definition) is 5. The molecule has 0 spiro atoms. The second-order valence-corrected chi connectivity index (χ2v) is 6.64. The molecule has 19 heavy (non-hydrogen) atoms. The molecule has 0 aliphatic rings. The minimum atomic E-state index is -2.97. The summed E-state index contributed by atoms with van der Waals surface area (Å²) in [6.07, 6.45) is 1.17. The van der Waals surface area contributed by atoms with Crippen LogP contribution in [0.4, 0.5) is 5.69 Å². The van der Waals surface area contributed by atoms with Crippen LogP contribution < -0.4 is 5.32 Å². The van der Waals surface area contributed by atoms with Crippen molar-refractivity contribution in [2.75, 3.05) is 37.1 Å². The molecule has 0 radical (unpaired) electrons. The van der Waals surface area contributed by atoms with Crippen molar-refractivity contribution in [2.45, 2.75) is 0 Å². The molecule has 5 nitrogen and oxygen atoms in total. The highest BCUT2D eigenvalue weighted by Crippen LogP contribution is 2.19. The van der Waals surface area contributed by atoms with Crippen molar-refractivity contribution in [3.63, 3.8) is 0 Å². The smallest absolute Gasteiger partial charge is 0.149 e. The van der Waals surface area contributed by atoms with Crippen LogP contribution in [-0.4, -0.2) is 40.2 Å². The minimum absolute atomic E-state index is 0.0235. The van der Waals surface area contributed by atoms with Gasteiger partial charge in [0.15, 0.2) is 0 Å². The maximum atomic E-state index is 10.8. The summed E-state index contributed by atoms with van der Waals surface area (Å²) < 4.78 is 26.9. The summed E-state index contributed by atoms with van der Waals surface area (Å²) in [6.45, 7) is 1.12. The molecule has 0 aliphatic heterocycles. The van der Waals surface area contributed by atoms with E-state index in [1.807, 2.05) is 6.07 Å². The summed E-state index contributed by atoms with van der Waals surface area (Å²) in [7, 11) is -2.97. The Bertz CT molecular complexity index is 567. The van der Waals surface area contributed by atoms with E-state index in [9.17, 15) is 8.42 Å². The van der Waals surface area contributed by atoms with Gasteiger partial charge in [0, 0.05) is 18.5 Å². The molecule has 0 saturated heterocycles. The zero-order chi connectivity index (χ0) is 14.3. The van der Waals surface area contributed by atoms with Gasteiger partial charge in [-0.1, -0.05) is 11.6 Å². The van der Waals surface area contributed by atoms with Gasteiger partial charge in [0.25, 0.3) is 0 Å². The maximum absolute atomic E-state index is 10.8. The van der Waals surface area contributed by atoms with Crippen LogP contribution in [0, 0.1) is 11.3 Å². The molecule has 0 aliphatic carbocycles. The zero-order valence-corrected chi connectivity index (χ0v) is 12.1. The van der Waals surface area contributed by atoms with Crippen molar-refractivity contribution < 1.29 is 13.2 Å². The van der Waals surface area contributed by atoms with Gasteiger partial charge < -0.3 is 10.1 Å². The number of ether oxygens (including phenoxy) is 1. The van der Waals surface area contributed by atoms with E-state index in [2.05, 4.69) is 5.32 Å². The molecule has 7 heteroatoms. The summed E-state index contributed by atoms with van der Waals surface area (Å²) >= 11 is 5.88. The van der Waals surface area contributed by atoms with E-state index >= 15 is 0 Å². The summed E-state index contributed by atoms with van der Waals surface area (Å²) in [5, 5.41) is 12.2. The van der Waals surface area contributed by atoms with Crippen LogP contribution in [-0.2, 0) is 14.6 Å². The molecule has 104 valence electrons. The lowest BCUT2D eigenvalue weighted by Gasteiger charge is -2.08. The molecule has 0 atom stereocenters. The van der Waals surface area contributed by atoms with E-state index in [0.717, 1.165) is 5.69 Å². The van der Waals surface area contributed by atoms with Crippen molar-refractivity contribution in [3.8, 4) is 6.07 Å². The van der Waals surface area contributed by atoms with Crippen LogP contribution in [0.2, 0.25) is 5.02 Å². The Morgan fingerprint density at radius 2 is 2.16 bits per heavy atom. The van der Waals surface area contributed by atoms with Crippen LogP contribution in [0.1, 0.15) is 5.56 Å². The summed E-state index contributed by atoms with van der Waals surface area (Å²) in [6, 6.07) is 7.03. The number of sulfone groups is 1. The van der Waals surface area contributed by atoms with E-state index in [4.69, 9.17) is 21.6 Å². The number of halogens is 1. The lowest BCUT2D eigenvalue weighted by Crippen LogP contribution is -2.14. The Morgan fingerprint density at radius 1 is 1.42 bits per heavy atom. The van der Waals surface area contributed by atoms with E-state index in [1.165, 1.54) is 6.26 Å². The first-order chi connectivity index (χ1) is 8.92. The monoisotopic (exact) mass is 302 g/mol. The van der Waals surface area contributed by atoms with Gasteiger partial charge in [0.05, 0.1) is 29.6 Å². The molecule has 1 aromatic carbocycles. The van der Waals surface area contributed by atoms with E-state index in [-0.39, 0.29) is 12.4 Å². The Balaban J connectivity index is 2.27. The third kappa shape index (κ3) is 6.43. The minimum Gasteiger partial charge on any atom is -0.383 e. The molecule has 0 amide bonds. The highest BCUT2D eigenvalue weighted by Gasteiger charge is 2.02. The molecular formula is C12H15ClN2O3S. The average Bonchev–Trinajstić information content (AvgIpc) is 2.32. The van der Waals surface area contributed by atoms with Crippen molar-refractivity contribution in [3.05, 3.63) is 28.8 Å². The first-order valence-corrected chi connectivity index (χ1v) is 8.05. The molecule has 0 saturated carbocycles. The number of benzene rings is 1. The SMILES string of the molecule is CS(=O)(=O)CCOCCNc1ccc(C#N)c(Cl)c1. The van der Waals surface area contributed by atoms with E-state index in [0.29, 0.717) is 23.7 Å². The predicted octanol–water partition coefficient (Wildman–Crippen LogP) is 1.68. The molecule has 0 unspecified atom stereocenters. The van der Waals surface area contributed by atoms with Crippen LogP contribution in [0.5, 0.6) is 0 Å². The van der Waals surface area contributed by atoms with Gasteiger partial charge in [-0.15, -0.1) is 0 Å². The van der Waals surface area contributed by atoms with Crippen molar-refractivity contribution in [1.29, 1.82) is 5.26 Å². The second-order valence-electron chi connectivity index (χ2n) is 3.98. The highest BCUT2D eigenvalue weighted by atomic mass is 35.5. The van der Waals surface area contributed by atoms with Crippen molar-refractivity contribution in [1.82, 2.24) is 0 Å². The number of nitrogens with zero attached hydrogens (tertiary/aromatic N) is 1. The van der Waals surface area contributed by atoms with Gasteiger partial charge >= 0.3 is 0 Å². The van der Waals surface area contributed by atoms with Crippen LogP contribution in [0.3, 0.4) is 0 Å². The Morgan fingerprint density at radius 3 is 2.74 bits per heavy atom. The third-order valence-corrected chi connectivity index (χ3v) is 3.48. The number of nitriles is 1. The summed E-state index contributed by atoms with van der Waals surface area (Å²) in [4.78, 5) is 0. The molecule has 1 N–H and O–H groups in total. The van der Waals surface area contributed by atoms with Crippen LogP contribution in [0.25, 0.3) is 0 Å². The molecule has 0 aromatic heterocycles. The topological polar surface area (TPSA) is 79.2 Å². The lowest BCUT2D eigenvalue weighted by molar-refractivity contribution is 0.159. The highest BCUT2D eigenvalue weighted by molar-refractivity contribution is 7.90.